The molecule has 1 saturated heterocycles. The Morgan fingerprint density at radius 1 is 1.14 bits per heavy atom. The summed E-state index contributed by atoms with van der Waals surface area (Å²) in [7, 11) is 0. The van der Waals surface area contributed by atoms with E-state index in [9.17, 15) is 4.79 Å². The van der Waals surface area contributed by atoms with Gasteiger partial charge in [0.1, 0.15) is 13.1 Å². The van der Waals surface area contributed by atoms with E-state index in [2.05, 4.69) is 25.1 Å². The Morgan fingerprint density at radius 3 is 2.69 bits per heavy atom. The first-order chi connectivity index (χ1) is 14.3. The van der Waals surface area contributed by atoms with Crippen molar-refractivity contribution in [2.45, 2.75) is 19.8 Å². The largest absolute Gasteiger partial charge is 0.370 e. The lowest BCUT2D eigenvalue weighted by atomic mass is 10.1. The number of ether oxygens (including phenoxy) is 1. The molecular weight excluding hydrogens is 382 g/mol. The van der Waals surface area contributed by atoms with Crippen molar-refractivity contribution < 1.29 is 14.4 Å². The highest BCUT2D eigenvalue weighted by Crippen LogP contribution is 2.32. The zero-order valence-corrected chi connectivity index (χ0v) is 17.7. The number of hydrogen-bond donors (Lipinski definition) is 1. The van der Waals surface area contributed by atoms with Crippen LogP contribution in [0.15, 0.2) is 48.5 Å². The molecule has 5 nitrogen and oxygen atoms in total. The van der Waals surface area contributed by atoms with Gasteiger partial charge >= 0.3 is 0 Å². The molecule has 1 N–H and O–H groups in total. The molecule has 152 valence electrons. The van der Waals surface area contributed by atoms with Gasteiger partial charge in [-0.05, 0) is 30.2 Å². The van der Waals surface area contributed by atoms with Crippen LogP contribution in [0.25, 0.3) is 10.2 Å². The second kappa shape index (κ2) is 9.48. The van der Waals surface area contributed by atoms with E-state index in [0.717, 1.165) is 61.0 Å². The third-order valence-corrected chi connectivity index (χ3v) is 6.52. The van der Waals surface area contributed by atoms with E-state index in [1.807, 2.05) is 35.2 Å². The molecule has 4 rings (SSSR count). The minimum absolute atomic E-state index is 0.0275. The standard InChI is InChI=1S/C23H27N3O2S/c1-2-18-10-6-11-20-21(18)24-23(29-20)26(22(27)19-8-4-3-5-9-19)13-7-12-25-14-16-28-17-15-25/h3-6,8-11H,2,7,12-17H2,1H3/p+1. The molecule has 0 saturated carbocycles. The van der Waals surface area contributed by atoms with Gasteiger partial charge in [0.05, 0.1) is 30.0 Å². The van der Waals surface area contributed by atoms with Crippen LogP contribution in [0.5, 0.6) is 0 Å². The molecule has 1 aliphatic rings. The highest BCUT2D eigenvalue weighted by molar-refractivity contribution is 7.22. The maximum Gasteiger partial charge on any atom is 0.260 e. The quantitative estimate of drug-likeness (QED) is 0.652. The summed E-state index contributed by atoms with van der Waals surface area (Å²) in [6.45, 7) is 7.64. The number of fused-ring (bicyclic) bond motifs is 1. The van der Waals surface area contributed by atoms with Gasteiger partial charge in [0.2, 0.25) is 0 Å². The Labute approximate surface area is 175 Å². The van der Waals surface area contributed by atoms with Crippen molar-refractivity contribution in [1.82, 2.24) is 4.98 Å². The molecule has 1 fully saturated rings. The molecule has 29 heavy (non-hydrogen) atoms. The number of carbonyl (C=O) groups excluding carboxylic acids is 1. The first kappa shape index (κ1) is 20.0. The van der Waals surface area contributed by atoms with Crippen LogP contribution in [-0.2, 0) is 11.2 Å². The minimum Gasteiger partial charge on any atom is -0.370 e. The van der Waals surface area contributed by atoms with E-state index in [-0.39, 0.29) is 5.91 Å². The van der Waals surface area contributed by atoms with Crippen LogP contribution in [0.3, 0.4) is 0 Å². The third-order valence-electron chi connectivity index (χ3n) is 5.48. The third kappa shape index (κ3) is 4.66. The Balaban J connectivity index is 1.58. The molecule has 2 aromatic carbocycles. The molecule has 1 amide bonds. The summed E-state index contributed by atoms with van der Waals surface area (Å²) in [5, 5.41) is 0.798. The number of para-hydroxylation sites is 1. The number of quaternary nitrogens is 1. The molecule has 3 aromatic rings. The molecule has 0 radical (unpaired) electrons. The van der Waals surface area contributed by atoms with Gasteiger partial charge in [0.15, 0.2) is 5.13 Å². The predicted molar refractivity (Wildman–Crippen MR) is 118 cm³/mol. The molecule has 2 heterocycles. The molecule has 6 heteroatoms. The molecule has 0 unspecified atom stereocenters. The highest BCUT2D eigenvalue weighted by Gasteiger charge is 2.23. The number of aryl methyl sites for hydroxylation is 1. The van der Waals surface area contributed by atoms with Gasteiger partial charge < -0.3 is 9.64 Å². The van der Waals surface area contributed by atoms with Crippen molar-refractivity contribution >= 4 is 32.6 Å². The van der Waals surface area contributed by atoms with E-state index in [1.165, 1.54) is 5.56 Å². The van der Waals surface area contributed by atoms with Crippen LogP contribution in [0.1, 0.15) is 29.3 Å². The van der Waals surface area contributed by atoms with E-state index < -0.39 is 0 Å². The van der Waals surface area contributed by atoms with Crippen molar-refractivity contribution in [3.63, 3.8) is 0 Å². The number of rotatable bonds is 7. The maximum atomic E-state index is 13.3. The molecule has 1 aromatic heterocycles. The molecule has 1 aliphatic heterocycles. The summed E-state index contributed by atoms with van der Waals surface area (Å²) >= 11 is 1.61. The zero-order valence-electron chi connectivity index (χ0n) is 16.9. The highest BCUT2D eigenvalue weighted by atomic mass is 32.1. The summed E-state index contributed by atoms with van der Waals surface area (Å²) in [5.41, 5.74) is 2.97. The predicted octanol–water partition coefficient (Wildman–Crippen LogP) is 2.81. The van der Waals surface area contributed by atoms with E-state index in [1.54, 1.807) is 16.2 Å². The lowest BCUT2D eigenvalue weighted by molar-refractivity contribution is -0.908. The van der Waals surface area contributed by atoms with E-state index in [0.29, 0.717) is 12.1 Å². The first-order valence-electron chi connectivity index (χ1n) is 10.4. The first-order valence-corrected chi connectivity index (χ1v) is 11.2. The normalized spacial score (nSPS) is 14.9. The fraction of sp³-hybridized carbons (Fsp3) is 0.391. The fourth-order valence-corrected chi connectivity index (χ4v) is 4.85. The maximum absolute atomic E-state index is 13.3. The van der Waals surface area contributed by atoms with Gasteiger partial charge in [0.25, 0.3) is 5.91 Å². The van der Waals surface area contributed by atoms with Crippen molar-refractivity contribution in [2.75, 3.05) is 44.3 Å². The molecule has 0 spiro atoms. The lowest BCUT2D eigenvalue weighted by Crippen LogP contribution is -3.14. The minimum atomic E-state index is 0.0275. The number of thiazole rings is 1. The zero-order chi connectivity index (χ0) is 20.1. The Morgan fingerprint density at radius 2 is 1.93 bits per heavy atom. The van der Waals surface area contributed by atoms with Crippen molar-refractivity contribution in [1.29, 1.82) is 0 Å². The number of morpholine rings is 1. The van der Waals surface area contributed by atoms with Gasteiger partial charge in [-0.15, -0.1) is 0 Å². The van der Waals surface area contributed by atoms with Gasteiger partial charge in [-0.3, -0.25) is 9.69 Å². The van der Waals surface area contributed by atoms with Crippen molar-refractivity contribution in [3.05, 3.63) is 59.7 Å². The average molecular weight is 411 g/mol. The number of carbonyl (C=O) groups is 1. The Bertz CT molecular complexity index is 951. The van der Waals surface area contributed by atoms with E-state index in [4.69, 9.17) is 9.72 Å². The van der Waals surface area contributed by atoms with Crippen LogP contribution in [-0.4, -0.2) is 50.3 Å². The number of benzene rings is 2. The number of hydrogen-bond acceptors (Lipinski definition) is 4. The molecule has 0 bridgehead atoms. The van der Waals surface area contributed by atoms with E-state index >= 15 is 0 Å². The van der Waals surface area contributed by atoms with Crippen LogP contribution in [0.4, 0.5) is 5.13 Å². The van der Waals surface area contributed by atoms with Gasteiger partial charge in [-0.25, -0.2) is 4.98 Å². The van der Waals surface area contributed by atoms with Crippen molar-refractivity contribution in [2.24, 2.45) is 0 Å². The average Bonchev–Trinajstić information content (AvgIpc) is 3.21. The molecular formula is C23H28N3O2S+. The molecule has 0 atom stereocenters. The van der Waals surface area contributed by atoms with Crippen LogP contribution in [0.2, 0.25) is 0 Å². The fourth-order valence-electron chi connectivity index (χ4n) is 3.81. The smallest absolute Gasteiger partial charge is 0.260 e. The van der Waals surface area contributed by atoms with Crippen LogP contribution >= 0.6 is 11.3 Å². The SMILES string of the molecule is CCc1cccc2sc(N(CCC[NH+]3CCOCC3)C(=O)c3ccccc3)nc12. The van der Waals surface area contributed by atoms with Crippen LogP contribution in [0, 0.1) is 0 Å². The number of amides is 1. The van der Waals surface area contributed by atoms with Gasteiger partial charge in [-0.2, -0.15) is 0 Å². The second-order valence-corrected chi connectivity index (χ2v) is 8.41. The second-order valence-electron chi connectivity index (χ2n) is 7.40. The number of nitrogens with zero attached hydrogens (tertiary/aromatic N) is 2. The summed E-state index contributed by atoms with van der Waals surface area (Å²) < 4.78 is 6.60. The van der Waals surface area contributed by atoms with Gasteiger partial charge in [-0.1, -0.05) is 48.6 Å². The number of nitrogens with one attached hydrogen (secondary N) is 1. The van der Waals surface area contributed by atoms with Gasteiger partial charge in [0, 0.05) is 18.5 Å². The monoisotopic (exact) mass is 410 g/mol. The Hall–Kier alpha value is -2.28. The summed E-state index contributed by atoms with van der Waals surface area (Å²) in [5.74, 6) is 0.0275. The lowest BCUT2D eigenvalue weighted by Gasteiger charge is -2.25. The Kier molecular flexibility index (Phi) is 6.54. The summed E-state index contributed by atoms with van der Waals surface area (Å²) in [4.78, 5) is 21.6. The topological polar surface area (TPSA) is 46.9 Å². The summed E-state index contributed by atoms with van der Waals surface area (Å²) in [6.07, 6.45) is 1.89. The van der Waals surface area contributed by atoms with Crippen molar-refractivity contribution in [3.8, 4) is 0 Å². The number of aromatic nitrogens is 1. The number of anilines is 1. The molecule has 0 aliphatic carbocycles. The summed E-state index contributed by atoms with van der Waals surface area (Å²) in [6, 6.07) is 15.8. The van der Waals surface area contributed by atoms with Crippen LogP contribution < -0.4 is 9.80 Å².